The highest BCUT2D eigenvalue weighted by atomic mass is 32.2. The lowest BCUT2D eigenvalue weighted by Crippen LogP contribution is -2.17. The number of aliphatic imine (C=N–C) groups is 1. The molecule has 173 valence electrons. The normalized spacial score (nSPS) is 13.1. The van der Waals surface area contributed by atoms with E-state index in [0.29, 0.717) is 11.3 Å². The van der Waals surface area contributed by atoms with Gasteiger partial charge in [0.2, 0.25) is 0 Å². The summed E-state index contributed by atoms with van der Waals surface area (Å²) >= 11 is 1.01. The summed E-state index contributed by atoms with van der Waals surface area (Å²) in [6, 6.07) is 13.5. The molecule has 0 fully saturated rings. The van der Waals surface area contributed by atoms with Gasteiger partial charge < -0.3 is 9.88 Å². The molecule has 0 spiro atoms. The maximum absolute atomic E-state index is 13.7. The van der Waals surface area contributed by atoms with Gasteiger partial charge in [-0.3, -0.25) is 4.79 Å². The van der Waals surface area contributed by atoms with Gasteiger partial charge in [-0.1, -0.05) is 12.1 Å². The second-order valence-corrected chi connectivity index (χ2v) is 9.16. The number of nitrogens with zero attached hydrogens (tertiary/aromatic N) is 3. The van der Waals surface area contributed by atoms with Gasteiger partial charge in [-0.25, -0.2) is 14.4 Å². The SMILES string of the molecule is CC1=Nc2cc(NC(=O)c3cc4cc(C(F)(F)F)cnc4n3Cc3cccc(F)c3)ccc2[SH]1. The predicted octanol–water partition coefficient (Wildman–Crippen LogP) is 6.38. The summed E-state index contributed by atoms with van der Waals surface area (Å²) in [6.45, 7) is 1.96. The van der Waals surface area contributed by atoms with Crippen molar-refractivity contribution >= 4 is 45.1 Å². The molecule has 0 unspecified atom stereocenters. The third-order valence-corrected chi connectivity index (χ3v) is 6.36. The zero-order valence-corrected chi connectivity index (χ0v) is 18.6. The van der Waals surface area contributed by atoms with E-state index in [1.807, 2.05) is 13.0 Å². The van der Waals surface area contributed by atoms with Crippen LogP contribution < -0.4 is 5.32 Å². The molecule has 0 saturated heterocycles. The van der Waals surface area contributed by atoms with Gasteiger partial charge in [-0.2, -0.15) is 13.2 Å². The number of aromatic nitrogens is 2. The van der Waals surface area contributed by atoms with E-state index in [2.05, 4.69) is 15.3 Å². The van der Waals surface area contributed by atoms with E-state index in [-0.39, 0.29) is 23.3 Å². The minimum Gasteiger partial charge on any atom is -0.321 e. The molecule has 0 atom stereocenters. The van der Waals surface area contributed by atoms with Gasteiger partial charge >= 0.3 is 6.18 Å². The third kappa shape index (κ3) is 4.28. The first-order chi connectivity index (χ1) is 16.2. The maximum atomic E-state index is 13.7. The Morgan fingerprint density at radius 3 is 2.71 bits per heavy atom. The summed E-state index contributed by atoms with van der Waals surface area (Å²) in [5.41, 5.74) is 1.17. The highest BCUT2D eigenvalue weighted by Crippen LogP contribution is 2.39. The van der Waals surface area contributed by atoms with Gasteiger partial charge in [0.25, 0.3) is 5.91 Å². The molecule has 0 aliphatic carbocycles. The summed E-state index contributed by atoms with van der Waals surface area (Å²) in [7, 11) is 0. The number of pyridine rings is 1. The number of carbonyl (C=O) groups is 1. The predicted molar refractivity (Wildman–Crippen MR) is 125 cm³/mol. The Kier molecular flexibility index (Phi) is 5.40. The Labute approximate surface area is 195 Å². The largest absolute Gasteiger partial charge is 0.417 e. The molecule has 0 saturated carbocycles. The van der Waals surface area contributed by atoms with Crippen molar-refractivity contribution < 1.29 is 22.4 Å². The first-order valence-corrected chi connectivity index (χ1v) is 11.1. The van der Waals surface area contributed by atoms with Gasteiger partial charge in [-0.05, 0) is 55.0 Å². The number of amides is 1. The number of benzene rings is 2. The van der Waals surface area contributed by atoms with Crippen LogP contribution in [0, 0.1) is 5.82 Å². The second-order valence-electron chi connectivity index (χ2n) is 7.81. The molecule has 10 heteroatoms. The average Bonchev–Trinajstić information content (AvgIpc) is 3.32. The maximum Gasteiger partial charge on any atom is 0.417 e. The molecule has 4 aromatic rings. The number of nitrogens with one attached hydrogen (secondary N) is 1. The molecule has 3 heterocycles. The lowest BCUT2D eigenvalue weighted by Gasteiger charge is -2.12. The van der Waals surface area contributed by atoms with Crippen LogP contribution in [0.5, 0.6) is 0 Å². The van der Waals surface area contributed by atoms with Crippen molar-refractivity contribution in [1.29, 1.82) is 0 Å². The van der Waals surface area contributed by atoms with Crippen LogP contribution in [0.3, 0.4) is 0 Å². The van der Waals surface area contributed by atoms with E-state index in [9.17, 15) is 22.4 Å². The number of anilines is 1. The molecule has 5 nitrogen and oxygen atoms in total. The van der Waals surface area contributed by atoms with Gasteiger partial charge in [0.05, 0.1) is 16.3 Å². The zero-order chi connectivity index (χ0) is 24.0. The van der Waals surface area contributed by atoms with E-state index in [1.165, 1.54) is 28.8 Å². The van der Waals surface area contributed by atoms with Crippen LogP contribution in [0.2, 0.25) is 0 Å². The number of thiol groups is 1. The number of rotatable bonds is 4. The second kappa shape index (κ2) is 8.28. The molecule has 0 bridgehead atoms. The van der Waals surface area contributed by atoms with Crippen LogP contribution in [-0.2, 0) is 12.7 Å². The summed E-state index contributed by atoms with van der Waals surface area (Å²) in [5, 5.41) is 3.89. The monoisotopic (exact) mass is 485 g/mol. The smallest absolute Gasteiger partial charge is 0.321 e. The fourth-order valence-corrected chi connectivity index (χ4v) is 4.71. The average molecular weight is 485 g/mol. The molecule has 1 aliphatic rings. The van der Waals surface area contributed by atoms with Crippen LogP contribution in [0.15, 0.2) is 70.7 Å². The number of alkyl halides is 3. The summed E-state index contributed by atoms with van der Waals surface area (Å²) in [5.74, 6) is -0.986. The van der Waals surface area contributed by atoms with Crippen LogP contribution in [0.25, 0.3) is 11.0 Å². The number of halogens is 4. The van der Waals surface area contributed by atoms with Crippen molar-refractivity contribution in [1.82, 2.24) is 9.55 Å². The Balaban J connectivity index is 1.55. The van der Waals surface area contributed by atoms with Crippen molar-refractivity contribution in [2.75, 3.05) is 5.32 Å². The van der Waals surface area contributed by atoms with E-state index in [1.54, 1.807) is 18.2 Å². The molecule has 1 radical (unpaired) electrons. The van der Waals surface area contributed by atoms with Gasteiger partial charge in [0.1, 0.15) is 17.2 Å². The zero-order valence-electron chi connectivity index (χ0n) is 17.7. The van der Waals surface area contributed by atoms with E-state index < -0.39 is 23.5 Å². The van der Waals surface area contributed by atoms with E-state index >= 15 is 0 Å². The first kappa shape index (κ1) is 22.1. The van der Waals surface area contributed by atoms with E-state index in [4.69, 9.17) is 0 Å². The Morgan fingerprint density at radius 1 is 1.12 bits per heavy atom. The number of hydrogen-bond acceptors (Lipinski definition) is 3. The minimum atomic E-state index is -4.57. The quantitative estimate of drug-likeness (QED) is 0.260. The molecular weight excluding hydrogens is 468 g/mol. The fraction of sp³-hybridized carbons (Fsp3) is 0.125. The van der Waals surface area contributed by atoms with Crippen LogP contribution in [0.1, 0.15) is 28.5 Å². The summed E-state index contributed by atoms with van der Waals surface area (Å²) in [6.07, 6.45) is -3.84. The first-order valence-electron chi connectivity index (χ1n) is 10.2. The molecule has 2 aromatic carbocycles. The number of carbonyl (C=O) groups excluding carboxylic acids is 1. The van der Waals surface area contributed by atoms with Crippen LogP contribution in [0.4, 0.5) is 28.9 Å². The van der Waals surface area contributed by atoms with Gasteiger partial charge in [0, 0.05) is 28.7 Å². The molecule has 1 amide bonds. The number of fused-ring (bicyclic) bond motifs is 2. The van der Waals surface area contributed by atoms with Gasteiger partial charge in [0.15, 0.2) is 0 Å². The highest BCUT2D eigenvalue weighted by molar-refractivity contribution is 8.14. The van der Waals surface area contributed by atoms with Crippen molar-refractivity contribution in [3.05, 3.63) is 83.4 Å². The lowest BCUT2D eigenvalue weighted by atomic mass is 10.2. The Morgan fingerprint density at radius 2 is 1.94 bits per heavy atom. The van der Waals surface area contributed by atoms with Crippen molar-refractivity contribution in [2.45, 2.75) is 24.5 Å². The summed E-state index contributed by atoms with van der Waals surface area (Å²) in [4.78, 5) is 22.7. The van der Waals surface area contributed by atoms with Crippen molar-refractivity contribution in [3.63, 3.8) is 0 Å². The van der Waals surface area contributed by atoms with Gasteiger partial charge in [-0.15, -0.1) is 11.8 Å². The standard InChI is InChI=1S/C24H17F4N4OS/c1-13-30-19-10-18(5-6-21(19)34-13)31-23(33)20-9-15-8-16(24(26,27)28)11-29-22(15)32(20)12-14-3-2-4-17(25)7-14/h2-11,34H,12H2,1H3,(H,31,33). The Bertz CT molecular complexity index is 1480. The molecular formula is C24H17F4N4OS. The van der Waals surface area contributed by atoms with Crippen molar-refractivity contribution in [3.8, 4) is 0 Å². The fourth-order valence-electron chi connectivity index (χ4n) is 3.82. The number of hydrogen-bond donors (Lipinski definition) is 2. The lowest BCUT2D eigenvalue weighted by molar-refractivity contribution is -0.137. The van der Waals surface area contributed by atoms with E-state index in [0.717, 1.165) is 39.7 Å². The minimum absolute atomic E-state index is 0.0505. The molecule has 5 rings (SSSR count). The van der Waals surface area contributed by atoms with Crippen LogP contribution >= 0.6 is 11.8 Å². The van der Waals surface area contributed by atoms with Crippen LogP contribution in [-0.4, -0.2) is 20.5 Å². The highest BCUT2D eigenvalue weighted by Gasteiger charge is 2.32. The third-order valence-electron chi connectivity index (χ3n) is 5.32. The molecule has 2 aromatic heterocycles. The molecule has 1 N–H and O–H groups in total. The Hall–Kier alpha value is -3.66. The molecule has 34 heavy (non-hydrogen) atoms. The van der Waals surface area contributed by atoms with Crippen molar-refractivity contribution in [2.24, 2.45) is 4.99 Å². The summed E-state index contributed by atoms with van der Waals surface area (Å²) < 4.78 is 54.9. The molecule has 1 aliphatic heterocycles. The topological polar surface area (TPSA) is 59.3 Å².